The van der Waals surface area contributed by atoms with Crippen LogP contribution in [-0.4, -0.2) is 22.6 Å². The van der Waals surface area contributed by atoms with Crippen LogP contribution < -0.4 is 0 Å². The van der Waals surface area contributed by atoms with Gasteiger partial charge < -0.3 is 4.74 Å². The Kier molecular flexibility index (Phi) is 3.56. The van der Waals surface area contributed by atoms with Crippen LogP contribution in [0.2, 0.25) is 0 Å². The van der Waals surface area contributed by atoms with Gasteiger partial charge in [-0.3, -0.25) is 9.89 Å². The van der Waals surface area contributed by atoms with Crippen molar-refractivity contribution in [1.29, 1.82) is 0 Å². The Morgan fingerprint density at radius 1 is 1.45 bits per heavy atom. The molecule has 102 valence electrons. The number of ether oxygens (including phenoxy) is 1. The van der Waals surface area contributed by atoms with Crippen molar-refractivity contribution < 1.29 is 13.9 Å². The molecule has 3 rings (SSSR count). The van der Waals surface area contributed by atoms with E-state index in [1.165, 1.54) is 11.0 Å². The van der Waals surface area contributed by atoms with Gasteiger partial charge in [0, 0.05) is 18.0 Å². The predicted molar refractivity (Wildman–Crippen MR) is 75.5 cm³/mol. The van der Waals surface area contributed by atoms with Crippen molar-refractivity contribution in [2.75, 3.05) is 5.88 Å². The second-order valence-corrected chi connectivity index (χ2v) is 5.17. The maximum atomic E-state index is 13.4. The van der Waals surface area contributed by atoms with Gasteiger partial charge in [-0.1, -0.05) is 30.0 Å². The van der Waals surface area contributed by atoms with Crippen molar-refractivity contribution in [3.05, 3.63) is 59.0 Å². The molecule has 0 aromatic heterocycles. The lowest BCUT2D eigenvalue weighted by molar-refractivity contribution is 0.120. The van der Waals surface area contributed by atoms with E-state index in [9.17, 15) is 9.18 Å². The smallest absolute Gasteiger partial charge is 0.418 e. The fourth-order valence-electron chi connectivity index (χ4n) is 1.82. The highest BCUT2D eigenvalue weighted by Gasteiger charge is 2.21. The summed E-state index contributed by atoms with van der Waals surface area (Å²) in [6, 6.07) is 6.22. The van der Waals surface area contributed by atoms with Crippen LogP contribution in [0.5, 0.6) is 0 Å². The zero-order chi connectivity index (χ0) is 13.9. The topological polar surface area (TPSA) is 41.9 Å². The molecule has 1 aromatic carbocycles. The Labute approximate surface area is 119 Å². The van der Waals surface area contributed by atoms with Crippen LogP contribution in [0.15, 0.2) is 52.6 Å². The van der Waals surface area contributed by atoms with Gasteiger partial charge in [0.2, 0.25) is 0 Å². The molecule has 0 aliphatic carbocycles. The van der Waals surface area contributed by atoms with Crippen LogP contribution in [0, 0.1) is 5.82 Å². The van der Waals surface area contributed by atoms with E-state index in [2.05, 4.69) is 4.99 Å². The molecule has 2 aliphatic heterocycles. The highest BCUT2D eigenvalue weighted by molar-refractivity contribution is 8.04. The first-order valence-electron chi connectivity index (χ1n) is 6.00. The van der Waals surface area contributed by atoms with E-state index in [1.54, 1.807) is 48.4 Å². The molecule has 20 heavy (non-hydrogen) atoms. The molecule has 0 radical (unpaired) electrons. The summed E-state index contributed by atoms with van der Waals surface area (Å²) in [5.74, 6) is 0.289. The summed E-state index contributed by atoms with van der Waals surface area (Å²) in [4.78, 5) is 18.4. The van der Waals surface area contributed by atoms with Gasteiger partial charge >= 0.3 is 6.09 Å². The van der Waals surface area contributed by atoms with Crippen molar-refractivity contribution >= 4 is 23.6 Å². The number of nitrogens with zero attached hydrogens (tertiary/aromatic N) is 2. The minimum absolute atomic E-state index is 0.0902. The summed E-state index contributed by atoms with van der Waals surface area (Å²) >= 11 is 1.56. The minimum atomic E-state index is -0.538. The minimum Gasteiger partial charge on any atom is -0.444 e. The van der Waals surface area contributed by atoms with Gasteiger partial charge in [0.05, 0.1) is 16.5 Å². The summed E-state index contributed by atoms with van der Waals surface area (Å²) in [5, 5.41) is 0. The second-order valence-electron chi connectivity index (χ2n) is 4.18. The van der Waals surface area contributed by atoms with Crippen LogP contribution in [0.4, 0.5) is 9.18 Å². The monoisotopic (exact) mass is 290 g/mol. The number of benzene rings is 1. The Hall–Kier alpha value is -2.08. The van der Waals surface area contributed by atoms with Crippen LogP contribution in [0.3, 0.4) is 0 Å². The number of allylic oxidation sites excluding steroid dienone is 2. The Bertz CT molecular complexity index is 640. The third kappa shape index (κ3) is 2.60. The Morgan fingerprint density at radius 3 is 3.15 bits per heavy atom. The molecule has 2 aliphatic rings. The summed E-state index contributed by atoms with van der Waals surface area (Å²) < 4.78 is 18.5. The molecule has 2 heterocycles. The van der Waals surface area contributed by atoms with Gasteiger partial charge in [-0.05, 0) is 12.1 Å². The first-order valence-corrected chi connectivity index (χ1v) is 6.99. The highest BCUT2D eigenvalue weighted by atomic mass is 32.2. The van der Waals surface area contributed by atoms with Gasteiger partial charge in [-0.2, -0.15) is 0 Å². The number of rotatable bonds is 2. The summed E-state index contributed by atoms with van der Waals surface area (Å²) in [6.45, 7) is -0.0902. The molecule has 0 atom stereocenters. The number of fused-ring (bicyclic) bond motifs is 1. The van der Waals surface area contributed by atoms with E-state index in [4.69, 9.17) is 4.74 Å². The van der Waals surface area contributed by atoms with Crippen LogP contribution in [-0.2, 0) is 11.3 Å². The van der Waals surface area contributed by atoms with E-state index in [0.29, 0.717) is 11.4 Å². The number of carbonyl (C=O) groups is 1. The van der Waals surface area contributed by atoms with Gasteiger partial charge in [0.25, 0.3) is 0 Å². The molecule has 0 unspecified atom stereocenters. The number of amides is 1. The SMILES string of the molecule is O=C(OCc1ccccc1F)N1C=CC2=NCSC2=C1. The average Bonchev–Trinajstić information content (AvgIpc) is 2.93. The first-order chi connectivity index (χ1) is 9.74. The maximum Gasteiger partial charge on any atom is 0.418 e. The zero-order valence-corrected chi connectivity index (χ0v) is 11.3. The molecule has 0 saturated heterocycles. The van der Waals surface area contributed by atoms with Crippen LogP contribution in [0.1, 0.15) is 5.56 Å². The van der Waals surface area contributed by atoms with Gasteiger partial charge in [0.1, 0.15) is 12.4 Å². The van der Waals surface area contributed by atoms with E-state index in [0.717, 1.165) is 10.6 Å². The number of halogens is 1. The average molecular weight is 290 g/mol. The Morgan fingerprint density at radius 2 is 2.30 bits per heavy atom. The largest absolute Gasteiger partial charge is 0.444 e. The molecular weight excluding hydrogens is 279 g/mol. The van der Waals surface area contributed by atoms with Crippen molar-refractivity contribution in [2.45, 2.75) is 6.61 Å². The molecule has 1 aromatic rings. The van der Waals surface area contributed by atoms with E-state index in [-0.39, 0.29) is 12.4 Å². The molecule has 0 bridgehead atoms. The second kappa shape index (κ2) is 5.50. The molecule has 1 amide bonds. The molecule has 6 heteroatoms. The summed E-state index contributed by atoms with van der Waals surface area (Å²) in [6.07, 6.45) is 4.50. The standard InChI is InChI=1S/C14H11FN2O2S/c15-11-4-2-1-3-10(11)8-19-14(18)17-6-5-12-13(7-17)20-9-16-12/h1-7H,8-9H2. The fraction of sp³-hybridized carbons (Fsp3) is 0.143. The van der Waals surface area contributed by atoms with Gasteiger partial charge in [-0.25, -0.2) is 9.18 Å². The fourth-order valence-corrected chi connectivity index (χ4v) is 2.64. The lowest BCUT2D eigenvalue weighted by Crippen LogP contribution is -2.24. The lowest BCUT2D eigenvalue weighted by Gasteiger charge is -2.18. The normalized spacial score (nSPS) is 16.6. The number of hydrogen-bond acceptors (Lipinski definition) is 4. The van der Waals surface area contributed by atoms with E-state index >= 15 is 0 Å². The Balaban J connectivity index is 1.63. The number of aliphatic imine (C=N–C) groups is 1. The van der Waals surface area contributed by atoms with E-state index < -0.39 is 6.09 Å². The number of thioether (sulfide) groups is 1. The van der Waals surface area contributed by atoms with E-state index in [1.807, 2.05) is 0 Å². The molecule has 0 fully saturated rings. The van der Waals surface area contributed by atoms with Crippen LogP contribution >= 0.6 is 11.8 Å². The molecular formula is C14H11FN2O2S. The third-order valence-electron chi connectivity index (χ3n) is 2.88. The van der Waals surface area contributed by atoms with Crippen molar-refractivity contribution in [2.24, 2.45) is 4.99 Å². The summed E-state index contributed by atoms with van der Waals surface area (Å²) in [7, 11) is 0. The quantitative estimate of drug-likeness (QED) is 0.839. The van der Waals surface area contributed by atoms with Gasteiger partial charge in [0.15, 0.2) is 0 Å². The van der Waals surface area contributed by atoms with Gasteiger partial charge in [-0.15, -0.1) is 0 Å². The molecule has 0 saturated carbocycles. The first kappa shape index (κ1) is 12.9. The third-order valence-corrected chi connectivity index (χ3v) is 3.76. The maximum absolute atomic E-state index is 13.4. The van der Waals surface area contributed by atoms with Crippen molar-refractivity contribution in [1.82, 2.24) is 4.90 Å². The van der Waals surface area contributed by atoms with Crippen molar-refractivity contribution in [3.63, 3.8) is 0 Å². The number of hydrogen-bond donors (Lipinski definition) is 0. The van der Waals surface area contributed by atoms with Crippen molar-refractivity contribution in [3.8, 4) is 0 Å². The zero-order valence-electron chi connectivity index (χ0n) is 10.5. The predicted octanol–water partition coefficient (Wildman–Crippen LogP) is 3.28. The molecule has 0 N–H and O–H groups in total. The summed E-state index contributed by atoms with van der Waals surface area (Å²) in [5.41, 5.74) is 1.24. The molecule has 4 nitrogen and oxygen atoms in total. The lowest BCUT2D eigenvalue weighted by atomic mass is 10.2. The molecule has 0 spiro atoms. The highest BCUT2D eigenvalue weighted by Crippen LogP contribution is 2.28. The van der Waals surface area contributed by atoms with Crippen LogP contribution in [0.25, 0.3) is 0 Å². The number of carbonyl (C=O) groups excluding carboxylic acids is 1.